The van der Waals surface area contributed by atoms with Gasteiger partial charge in [-0.15, -0.1) is 22.7 Å². The van der Waals surface area contributed by atoms with Crippen molar-refractivity contribution in [3.63, 3.8) is 0 Å². The second kappa shape index (κ2) is 6.36. The maximum Gasteiger partial charge on any atom is 0.281 e. The minimum absolute atomic E-state index is 0.323. The van der Waals surface area contributed by atoms with E-state index in [1.165, 1.54) is 23.9 Å². The van der Waals surface area contributed by atoms with E-state index in [-0.39, 0.29) is 5.56 Å². The Bertz CT molecular complexity index is 1400. The van der Waals surface area contributed by atoms with E-state index in [2.05, 4.69) is 25.6 Å². The molecule has 0 saturated heterocycles. The third-order valence-electron chi connectivity index (χ3n) is 4.37. The van der Waals surface area contributed by atoms with Crippen LogP contribution < -0.4 is 11.0 Å². The molecule has 5 aromatic heterocycles. The summed E-state index contributed by atoms with van der Waals surface area (Å²) in [5.41, 5.74) is 4.78. The number of rotatable bonds is 3. The summed E-state index contributed by atoms with van der Waals surface area (Å²) in [5.74, 6) is -0.453. The first-order valence-electron chi connectivity index (χ1n) is 8.26. The average Bonchev–Trinajstić information content (AvgIpc) is 3.43. The number of carbonyl (C=O) groups is 1. The number of H-pyrrole nitrogens is 1. The second-order valence-electron chi connectivity index (χ2n) is 6.11. The van der Waals surface area contributed by atoms with Crippen molar-refractivity contribution in [3.8, 4) is 10.4 Å². The summed E-state index contributed by atoms with van der Waals surface area (Å²) >= 11 is 2.95. The molecule has 0 spiro atoms. The first-order valence-corrected chi connectivity index (χ1v) is 10.0. The van der Waals surface area contributed by atoms with Gasteiger partial charge in [-0.1, -0.05) is 6.07 Å². The number of fused-ring (bicyclic) bond motifs is 2. The molecule has 0 atom stereocenters. The van der Waals surface area contributed by atoms with Gasteiger partial charge in [0.15, 0.2) is 5.65 Å². The van der Waals surface area contributed by atoms with Crippen molar-refractivity contribution >= 4 is 49.8 Å². The molecule has 0 aliphatic rings. The summed E-state index contributed by atoms with van der Waals surface area (Å²) in [7, 11) is 0. The van der Waals surface area contributed by atoms with Crippen molar-refractivity contribution in [3.05, 3.63) is 63.1 Å². The van der Waals surface area contributed by atoms with Crippen molar-refractivity contribution in [1.29, 1.82) is 0 Å². The molecule has 8 nitrogen and oxygen atoms in total. The third kappa shape index (κ3) is 2.62. The fourth-order valence-corrected chi connectivity index (χ4v) is 4.66. The van der Waals surface area contributed by atoms with Crippen LogP contribution in [0.1, 0.15) is 16.1 Å². The zero-order chi connectivity index (χ0) is 19.3. The minimum Gasteiger partial charge on any atom is -0.280 e. The van der Waals surface area contributed by atoms with Crippen LogP contribution in [0.5, 0.6) is 0 Å². The van der Waals surface area contributed by atoms with Gasteiger partial charge in [-0.05, 0) is 24.4 Å². The van der Waals surface area contributed by atoms with Gasteiger partial charge in [0.2, 0.25) is 0 Å². The predicted molar refractivity (Wildman–Crippen MR) is 110 cm³/mol. The molecule has 0 aromatic carbocycles. The molecular weight excluding hydrogens is 396 g/mol. The maximum atomic E-state index is 13.0. The van der Waals surface area contributed by atoms with Gasteiger partial charge in [0, 0.05) is 33.1 Å². The van der Waals surface area contributed by atoms with Gasteiger partial charge in [0.1, 0.15) is 11.2 Å². The molecule has 0 aliphatic heterocycles. The molecule has 5 heterocycles. The lowest BCUT2D eigenvalue weighted by molar-refractivity contribution is 0.101. The van der Waals surface area contributed by atoms with Gasteiger partial charge in [-0.2, -0.15) is 5.10 Å². The Morgan fingerprint density at radius 2 is 2.18 bits per heavy atom. The van der Waals surface area contributed by atoms with Crippen LogP contribution in [-0.2, 0) is 0 Å². The smallest absolute Gasteiger partial charge is 0.280 e. The third-order valence-corrected chi connectivity index (χ3v) is 6.16. The van der Waals surface area contributed by atoms with E-state index in [9.17, 15) is 9.59 Å². The van der Waals surface area contributed by atoms with Gasteiger partial charge in [-0.25, -0.2) is 14.6 Å². The van der Waals surface area contributed by atoms with Gasteiger partial charge in [0.25, 0.3) is 11.5 Å². The number of thiophene rings is 2. The highest BCUT2D eigenvalue weighted by molar-refractivity contribution is 7.18. The number of amides is 1. The summed E-state index contributed by atoms with van der Waals surface area (Å²) in [6, 6.07) is 5.58. The fraction of sp³-hybridized carbons (Fsp3) is 0.0556. The number of hydrogen-bond acceptors (Lipinski definition) is 7. The Labute approximate surface area is 165 Å². The lowest BCUT2D eigenvalue weighted by Crippen LogP contribution is -2.33. The Hall–Kier alpha value is -3.37. The zero-order valence-electron chi connectivity index (χ0n) is 14.5. The van der Waals surface area contributed by atoms with Crippen LogP contribution in [0.3, 0.4) is 0 Å². The van der Waals surface area contributed by atoms with E-state index in [4.69, 9.17) is 0 Å². The fourth-order valence-electron chi connectivity index (χ4n) is 2.94. The summed E-state index contributed by atoms with van der Waals surface area (Å²) in [4.78, 5) is 35.8. The van der Waals surface area contributed by atoms with E-state index in [1.54, 1.807) is 17.4 Å². The molecule has 10 heteroatoms. The summed E-state index contributed by atoms with van der Waals surface area (Å²) in [5, 5.41) is 12.0. The molecule has 0 aliphatic carbocycles. The molecular formula is C18H12N6O2S2. The van der Waals surface area contributed by atoms with E-state index >= 15 is 0 Å². The Balaban J connectivity index is 1.54. The van der Waals surface area contributed by atoms with Gasteiger partial charge >= 0.3 is 0 Å². The highest BCUT2D eigenvalue weighted by atomic mass is 32.1. The quantitative estimate of drug-likeness (QED) is 0.477. The molecule has 28 heavy (non-hydrogen) atoms. The van der Waals surface area contributed by atoms with E-state index in [1.807, 2.05) is 29.8 Å². The van der Waals surface area contributed by atoms with Crippen LogP contribution in [0.25, 0.3) is 31.7 Å². The first-order chi connectivity index (χ1) is 13.6. The minimum atomic E-state index is -0.453. The van der Waals surface area contributed by atoms with Crippen molar-refractivity contribution in [1.82, 2.24) is 24.8 Å². The molecule has 0 radical (unpaired) electrons. The van der Waals surface area contributed by atoms with Crippen molar-refractivity contribution < 1.29 is 4.79 Å². The van der Waals surface area contributed by atoms with Crippen molar-refractivity contribution in [2.45, 2.75) is 6.92 Å². The van der Waals surface area contributed by atoms with Crippen LogP contribution in [0.15, 0.2) is 46.3 Å². The highest BCUT2D eigenvalue weighted by Gasteiger charge is 2.16. The topological polar surface area (TPSA) is 106 Å². The van der Waals surface area contributed by atoms with Crippen LogP contribution in [-0.4, -0.2) is 30.7 Å². The number of nitrogens with one attached hydrogen (secondary N) is 2. The van der Waals surface area contributed by atoms with Crippen molar-refractivity contribution in [2.75, 3.05) is 5.43 Å². The number of pyridine rings is 1. The summed E-state index contributed by atoms with van der Waals surface area (Å²) in [6.07, 6.45) is 2.75. The van der Waals surface area contributed by atoms with Gasteiger partial charge in [0.05, 0.1) is 10.9 Å². The lowest BCUT2D eigenvalue weighted by atomic mass is 10.2. The number of carbonyl (C=O) groups excluding carboxylic acids is 1. The van der Waals surface area contributed by atoms with Crippen molar-refractivity contribution in [2.24, 2.45) is 0 Å². The number of aromatic amines is 1. The number of aromatic nitrogens is 5. The Morgan fingerprint density at radius 3 is 3.00 bits per heavy atom. The SMILES string of the molecule is Cc1[nH]nc2ncc(C(=O)Nn3cnc4scc(-c5cccs5)c4c3=O)cc12. The largest absolute Gasteiger partial charge is 0.281 e. The van der Waals surface area contributed by atoms with Gasteiger partial charge in [-0.3, -0.25) is 20.1 Å². The van der Waals surface area contributed by atoms with Crippen LogP contribution in [0, 0.1) is 6.92 Å². The van der Waals surface area contributed by atoms with Gasteiger partial charge < -0.3 is 0 Å². The molecule has 0 saturated carbocycles. The Kier molecular flexibility index (Phi) is 3.81. The monoisotopic (exact) mass is 408 g/mol. The zero-order valence-corrected chi connectivity index (χ0v) is 16.1. The van der Waals surface area contributed by atoms with E-state index in [0.717, 1.165) is 26.2 Å². The van der Waals surface area contributed by atoms with E-state index < -0.39 is 5.91 Å². The first kappa shape index (κ1) is 16.8. The van der Waals surface area contributed by atoms with Crippen LogP contribution >= 0.6 is 22.7 Å². The maximum absolute atomic E-state index is 13.0. The molecule has 5 aromatic rings. The predicted octanol–water partition coefficient (Wildman–Crippen LogP) is 3.15. The van der Waals surface area contributed by atoms with E-state index in [0.29, 0.717) is 21.4 Å². The average molecular weight is 408 g/mol. The second-order valence-corrected chi connectivity index (χ2v) is 7.92. The molecule has 1 amide bonds. The lowest BCUT2D eigenvalue weighted by Gasteiger charge is -2.08. The number of hydrogen-bond donors (Lipinski definition) is 2. The van der Waals surface area contributed by atoms with Crippen LogP contribution in [0.2, 0.25) is 0 Å². The molecule has 0 bridgehead atoms. The molecule has 5 rings (SSSR count). The van der Waals surface area contributed by atoms with Crippen LogP contribution in [0.4, 0.5) is 0 Å². The molecule has 0 fully saturated rings. The molecule has 138 valence electrons. The Morgan fingerprint density at radius 1 is 1.29 bits per heavy atom. The standard InChI is InChI=1S/C18H12N6O2S2/c1-9-11-5-10(6-19-15(11)22-21-9)16(25)23-24-8-20-17-14(18(24)26)12(7-28-17)13-3-2-4-27-13/h2-8H,1H3,(H,23,25)(H,19,21,22). The summed E-state index contributed by atoms with van der Waals surface area (Å²) < 4.78 is 1.11. The summed E-state index contributed by atoms with van der Waals surface area (Å²) in [6.45, 7) is 1.85. The molecule has 0 unspecified atom stereocenters. The normalized spacial score (nSPS) is 11.3. The molecule has 2 N–H and O–H groups in total. The number of aryl methyl sites for hydroxylation is 1. The number of nitrogens with zero attached hydrogens (tertiary/aromatic N) is 4. The highest BCUT2D eigenvalue weighted by Crippen LogP contribution is 2.33.